The van der Waals surface area contributed by atoms with Crippen LogP contribution in [0.1, 0.15) is 23.1 Å². The topological polar surface area (TPSA) is 75.0 Å². The Bertz CT molecular complexity index is 1080. The lowest BCUT2D eigenvalue weighted by molar-refractivity contribution is -0.114. The molecule has 2 aromatic carbocycles. The molecule has 0 fully saturated rings. The number of nitrogens with one attached hydrogen (secondary N) is 1. The molecule has 0 unspecified atom stereocenters. The summed E-state index contributed by atoms with van der Waals surface area (Å²) in [5.74, 6) is 0.489. The van der Waals surface area contributed by atoms with Gasteiger partial charge in [0.25, 0.3) is 0 Å². The van der Waals surface area contributed by atoms with Gasteiger partial charge in [0, 0.05) is 18.1 Å². The molecule has 28 heavy (non-hydrogen) atoms. The van der Waals surface area contributed by atoms with E-state index in [4.69, 9.17) is 4.74 Å². The molecule has 1 aromatic heterocycles. The van der Waals surface area contributed by atoms with Crippen LogP contribution in [0.2, 0.25) is 0 Å². The lowest BCUT2D eigenvalue weighted by Gasteiger charge is -2.04. The van der Waals surface area contributed by atoms with Gasteiger partial charge in [-0.1, -0.05) is 59.4 Å². The van der Waals surface area contributed by atoms with Crippen LogP contribution in [0.25, 0.3) is 22.9 Å². The molecule has 1 N–H and O–H groups in total. The Balaban J connectivity index is 2.10. The fourth-order valence-electron chi connectivity index (χ4n) is 2.67. The van der Waals surface area contributed by atoms with Crippen LogP contribution >= 0.6 is 11.3 Å². The molecule has 3 aromatic rings. The first-order valence-electron chi connectivity index (χ1n) is 8.62. The summed E-state index contributed by atoms with van der Waals surface area (Å²) in [7, 11) is 1.59. The van der Waals surface area contributed by atoms with E-state index in [0.717, 1.165) is 16.7 Å². The molecule has 0 aliphatic carbocycles. The van der Waals surface area contributed by atoms with Crippen LogP contribution in [0.3, 0.4) is 0 Å². The maximum Gasteiger partial charge on any atom is 0.221 e. The van der Waals surface area contributed by atoms with E-state index in [-0.39, 0.29) is 5.91 Å². The van der Waals surface area contributed by atoms with Crippen molar-refractivity contribution >= 4 is 33.9 Å². The fraction of sp³-hybridized carbons (Fsp3) is 0.136. The molecule has 0 saturated carbocycles. The van der Waals surface area contributed by atoms with Crippen LogP contribution < -0.4 is 10.1 Å². The van der Waals surface area contributed by atoms with Gasteiger partial charge in [0.1, 0.15) is 27.5 Å². The van der Waals surface area contributed by atoms with Crippen LogP contribution in [0.15, 0.2) is 48.5 Å². The number of aryl methyl sites for hydroxylation is 1. The van der Waals surface area contributed by atoms with Crippen LogP contribution in [0.4, 0.5) is 5.00 Å². The standard InChI is InChI=1S/C22H19N3O2S/c1-14-8-10-16(11-9-14)20-22(24-15(2)26)28-21(25-20)18(13-23)12-17-6-4-5-7-19(17)27-3/h4-12H,1-3H3,(H,24,26)/b18-12+. The van der Waals surface area contributed by atoms with Gasteiger partial charge in [-0.3, -0.25) is 4.79 Å². The number of hydrogen-bond donors (Lipinski definition) is 1. The zero-order valence-electron chi connectivity index (χ0n) is 15.8. The van der Waals surface area contributed by atoms with E-state index >= 15 is 0 Å². The Morgan fingerprint density at radius 1 is 1.21 bits per heavy atom. The van der Waals surface area contributed by atoms with Gasteiger partial charge in [0.15, 0.2) is 0 Å². The molecular weight excluding hydrogens is 370 g/mol. The molecule has 3 rings (SSSR count). The van der Waals surface area contributed by atoms with Gasteiger partial charge in [0.2, 0.25) is 5.91 Å². The molecule has 0 spiro atoms. The van der Waals surface area contributed by atoms with Crippen molar-refractivity contribution in [1.82, 2.24) is 4.98 Å². The summed E-state index contributed by atoms with van der Waals surface area (Å²) in [5.41, 5.74) is 3.85. The average Bonchev–Trinajstić information content (AvgIpc) is 3.09. The molecule has 0 saturated heterocycles. The Morgan fingerprint density at radius 3 is 2.57 bits per heavy atom. The van der Waals surface area contributed by atoms with Gasteiger partial charge in [0.05, 0.1) is 12.7 Å². The number of thiazole rings is 1. The number of allylic oxidation sites excluding steroid dienone is 1. The largest absolute Gasteiger partial charge is 0.496 e. The summed E-state index contributed by atoms with van der Waals surface area (Å²) in [4.78, 5) is 16.3. The number of rotatable bonds is 5. The fourth-order valence-corrected chi connectivity index (χ4v) is 3.67. The molecule has 1 heterocycles. The molecule has 1 amide bonds. The number of carbonyl (C=O) groups is 1. The van der Waals surface area contributed by atoms with Crippen LogP contribution in [0.5, 0.6) is 5.75 Å². The van der Waals surface area contributed by atoms with E-state index in [9.17, 15) is 10.1 Å². The molecule has 0 bridgehead atoms. The monoisotopic (exact) mass is 389 g/mol. The second-order valence-corrected chi connectivity index (χ2v) is 7.15. The normalized spacial score (nSPS) is 11.0. The quantitative estimate of drug-likeness (QED) is 0.612. The molecule has 0 aliphatic heterocycles. The molecule has 140 valence electrons. The van der Waals surface area contributed by atoms with Gasteiger partial charge >= 0.3 is 0 Å². The highest BCUT2D eigenvalue weighted by Crippen LogP contribution is 2.37. The van der Waals surface area contributed by atoms with Crippen LogP contribution in [-0.4, -0.2) is 18.0 Å². The van der Waals surface area contributed by atoms with Crippen molar-refractivity contribution in [3.8, 4) is 23.1 Å². The number of nitriles is 1. The number of aromatic nitrogens is 1. The first-order chi connectivity index (χ1) is 13.5. The van der Waals surface area contributed by atoms with Crippen molar-refractivity contribution in [2.24, 2.45) is 0 Å². The number of ether oxygens (including phenoxy) is 1. The van der Waals surface area contributed by atoms with Gasteiger partial charge < -0.3 is 10.1 Å². The zero-order chi connectivity index (χ0) is 20.1. The summed E-state index contributed by atoms with van der Waals surface area (Å²) in [6, 6.07) is 17.6. The van der Waals surface area contributed by atoms with Crippen molar-refractivity contribution in [2.45, 2.75) is 13.8 Å². The summed E-state index contributed by atoms with van der Waals surface area (Å²) in [6.07, 6.45) is 1.74. The van der Waals surface area contributed by atoms with Gasteiger partial charge in [-0.2, -0.15) is 5.26 Å². The smallest absolute Gasteiger partial charge is 0.221 e. The number of para-hydroxylation sites is 1. The second-order valence-electron chi connectivity index (χ2n) is 6.16. The van der Waals surface area contributed by atoms with Crippen molar-refractivity contribution < 1.29 is 9.53 Å². The maximum absolute atomic E-state index is 11.6. The van der Waals surface area contributed by atoms with Gasteiger partial charge in [-0.15, -0.1) is 0 Å². The van der Waals surface area contributed by atoms with Crippen molar-refractivity contribution in [2.75, 3.05) is 12.4 Å². The third-order valence-corrected chi connectivity index (χ3v) is 5.04. The highest BCUT2D eigenvalue weighted by Gasteiger charge is 2.17. The minimum Gasteiger partial charge on any atom is -0.496 e. The highest BCUT2D eigenvalue weighted by molar-refractivity contribution is 7.17. The van der Waals surface area contributed by atoms with Gasteiger partial charge in [-0.25, -0.2) is 4.98 Å². The van der Waals surface area contributed by atoms with E-state index in [1.807, 2.05) is 55.5 Å². The highest BCUT2D eigenvalue weighted by atomic mass is 32.1. The Kier molecular flexibility index (Phi) is 5.87. The van der Waals surface area contributed by atoms with Crippen LogP contribution in [0, 0.1) is 18.3 Å². The zero-order valence-corrected chi connectivity index (χ0v) is 16.6. The predicted molar refractivity (Wildman–Crippen MR) is 113 cm³/mol. The summed E-state index contributed by atoms with van der Waals surface area (Å²) >= 11 is 1.28. The number of anilines is 1. The number of benzene rings is 2. The third kappa shape index (κ3) is 4.27. The Labute approximate surface area is 167 Å². The maximum atomic E-state index is 11.6. The number of nitrogens with zero attached hydrogens (tertiary/aromatic N) is 2. The predicted octanol–water partition coefficient (Wildman–Crippen LogP) is 5.15. The first kappa shape index (κ1) is 19.3. The molecule has 5 nitrogen and oxygen atoms in total. The minimum absolute atomic E-state index is 0.184. The van der Waals surface area contributed by atoms with Crippen LogP contribution in [-0.2, 0) is 4.79 Å². The lowest BCUT2D eigenvalue weighted by Crippen LogP contribution is -2.05. The van der Waals surface area contributed by atoms with E-state index in [2.05, 4.69) is 16.4 Å². The summed E-state index contributed by atoms with van der Waals surface area (Å²) in [5, 5.41) is 13.7. The summed E-state index contributed by atoms with van der Waals surface area (Å²) < 4.78 is 5.36. The van der Waals surface area contributed by atoms with E-state index in [1.54, 1.807) is 13.2 Å². The van der Waals surface area contributed by atoms with Crippen molar-refractivity contribution in [3.05, 3.63) is 64.7 Å². The van der Waals surface area contributed by atoms with Crippen molar-refractivity contribution in [3.63, 3.8) is 0 Å². The molecule has 0 atom stereocenters. The minimum atomic E-state index is -0.184. The lowest BCUT2D eigenvalue weighted by atomic mass is 10.1. The van der Waals surface area contributed by atoms with E-state index in [0.29, 0.717) is 27.0 Å². The first-order valence-corrected chi connectivity index (χ1v) is 9.44. The average molecular weight is 389 g/mol. The Morgan fingerprint density at radius 2 is 1.93 bits per heavy atom. The van der Waals surface area contributed by atoms with Gasteiger partial charge in [-0.05, 0) is 19.1 Å². The summed E-state index contributed by atoms with van der Waals surface area (Å²) in [6.45, 7) is 3.46. The van der Waals surface area contributed by atoms with E-state index < -0.39 is 0 Å². The second kappa shape index (κ2) is 8.51. The third-order valence-electron chi connectivity index (χ3n) is 4.03. The van der Waals surface area contributed by atoms with E-state index in [1.165, 1.54) is 18.3 Å². The number of hydrogen-bond acceptors (Lipinski definition) is 5. The molecule has 0 aliphatic rings. The SMILES string of the molecule is COc1ccccc1/C=C(\C#N)c1nc(-c2ccc(C)cc2)c(NC(C)=O)s1. The Hall–Kier alpha value is -3.43. The number of amides is 1. The molecule has 6 heteroatoms. The molecule has 0 radical (unpaired) electrons. The van der Waals surface area contributed by atoms with Crippen molar-refractivity contribution in [1.29, 1.82) is 5.26 Å². The number of methoxy groups -OCH3 is 1. The molecular formula is C22H19N3O2S. The number of carbonyl (C=O) groups excluding carboxylic acids is 1.